The van der Waals surface area contributed by atoms with Crippen molar-refractivity contribution in [2.45, 2.75) is 31.1 Å². The molecule has 4 rings (SSSR count). The molecule has 0 spiro atoms. The number of nitrogens with one attached hydrogen (secondary N) is 1. The molecule has 1 aliphatic heterocycles. The van der Waals surface area contributed by atoms with Crippen molar-refractivity contribution in [1.29, 1.82) is 0 Å². The molecule has 1 aliphatic rings. The Balaban J connectivity index is 1.61. The molecule has 0 unspecified atom stereocenters. The maximum atomic E-state index is 13.0. The first-order valence-corrected chi connectivity index (χ1v) is 11.2. The van der Waals surface area contributed by atoms with Crippen LogP contribution in [-0.4, -0.2) is 41.1 Å². The number of halogens is 1. The average molecular weight is 433 g/mol. The van der Waals surface area contributed by atoms with Gasteiger partial charge in [-0.05, 0) is 50.1 Å². The lowest BCUT2D eigenvalue weighted by Gasteiger charge is -2.26. The Labute approximate surface area is 174 Å². The van der Waals surface area contributed by atoms with Gasteiger partial charge in [-0.15, -0.1) is 0 Å². The Morgan fingerprint density at radius 3 is 2.62 bits per heavy atom. The molecular weight excluding hydrogens is 412 g/mol. The predicted molar refractivity (Wildman–Crippen MR) is 112 cm³/mol. The summed E-state index contributed by atoms with van der Waals surface area (Å²) in [5, 5.41) is 2.86. The van der Waals surface area contributed by atoms with Gasteiger partial charge in [0.05, 0.1) is 5.02 Å². The summed E-state index contributed by atoms with van der Waals surface area (Å²) < 4.78 is 29.2. The Morgan fingerprint density at radius 1 is 1.14 bits per heavy atom. The Bertz CT molecular complexity index is 1180. The number of hydrogen-bond donors (Lipinski definition) is 1. The molecule has 0 aliphatic carbocycles. The van der Waals surface area contributed by atoms with Crippen LogP contribution in [0.5, 0.6) is 0 Å². The van der Waals surface area contributed by atoms with E-state index in [4.69, 9.17) is 11.6 Å². The second kappa shape index (κ2) is 7.78. The van der Waals surface area contributed by atoms with E-state index >= 15 is 0 Å². The number of carbonyl (C=O) groups excluding carboxylic acids is 1. The van der Waals surface area contributed by atoms with Crippen LogP contribution in [0.25, 0.3) is 5.65 Å². The van der Waals surface area contributed by atoms with Gasteiger partial charge in [0.15, 0.2) is 0 Å². The Hall–Kier alpha value is -2.42. The van der Waals surface area contributed by atoms with E-state index in [0.717, 1.165) is 25.0 Å². The van der Waals surface area contributed by atoms with Crippen LogP contribution < -0.4 is 5.32 Å². The molecule has 152 valence electrons. The first-order chi connectivity index (χ1) is 13.9. The second-order valence-electron chi connectivity index (χ2n) is 7.09. The highest BCUT2D eigenvalue weighted by atomic mass is 35.5. The number of hydrogen-bond acceptors (Lipinski definition) is 4. The molecule has 29 heavy (non-hydrogen) atoms. The quantitative estimate of drug-likeness (QED) is 0.680. The van der Waals surface area contributed by atoms with E-state index in [0.29, 0.717) is 24.4 Å². The molecule has 1 amide bonds. The van der Waals surface area contributed by atoms with Gasteiger partial charge in [0, 0.05) is 30.7 Å². The summed E-state index contributed by atoms with van der Waals surface area (Å²) in [4.78, 5) is 17.0. The number of pyridine rings is 1. The standard InChI is InChI=1S/C20H21ClN4O3S/c1-14-6-5-7-19-23-17(13-25(14)19)20(26)22-15-8-9-16(21)18(12-15)29(27,28)24-10-3-2-4-11-24/h5-9,12-13H,2-4,10-11H2,1H3,(H,22,26). The zero-order valence-electron chi connectivity index (χ0n) is 15.9. The number of imidazole rings is 1. The molecule has 0 saturated carbocycles. The van der Waals surface area contributed by atoms with Crippen LogP contribution in [0.2, 0.25) is 5.02 Å². The molecule has 0 atom stereocenters. The normalized spacial score (nSPS) is 15.5. The maximum absolute atomic E-state index is 13.0. The summed E-state index contributed by atoms with van der Waals surface area (Å²) in [5.74, 6) is -0.420. The first kappa shape index (κ1) is 19.9. The van der Waals surface area contributed by atoms with E-state index in [1.807, 2.05) is 29.5 Å². The van der Waals surface area contributed by atoms with E-state index in [2.05, 4.69) is 10.3 Å². The van der Waals surface area contributed by atoms with Crippen molar-refractivity contribution in [3.8, 4) is 0 Å². The number of carbonyl (C=O) groups is 1. The summed E-state index contributed by atoms with van der Waals surface area (Å²) in [6.07, 6.45) is 4.34. The lowest BCUT2D eigenvalue weighted by Crippen LogP contribution is -2.35. The van der Waals surface area contributed by atoms with E-state index in [1.54, 1.807) is 12.3 Å². The molecule has 1 fully saturated rings. The minimum absolute atomic E-state index is 0.00436. The van der Waals surface area contributed by atoms with E-state index in [-0.39, 0.29) is 15.6 Å². The van der Waals surface area contributed by atoms with Crippen molar-refractivity contribution in [3.05, 3.63) is 59.0 Å². The molecule has 7 nitrogen and oxygen atoms in total. The van der Waals surface area contributed by atoms with Gasteiger partial charge in [0.2, 0.25) is 10.0 Å². The number of aryl methyl sites for hydroxylation is 1. The fourth-order valence-electron chi connectivity index (χ4n) is 3.48. The zero-order chi connectivity index (χ0) is 20.6. The number of rotatable bonds is 4. The van der Waals surface area contributed by atoms with Crippen molar-refractivity contribution >= 4 is 38.9 Å². The minimum atomic E-state index is -3.71. The summed E-state index contributed by atoms with van der Waals surface area (Å²) in [7, 11) is -3.71. The van der Waals surface area contributed by atoms with Crippen LogP contribution in [0, 0.1) is 6.92 Å². The van der Waals surface area contributed by atoms with E-state index < -0.39 is 15.9 Å². The largest absolute Gasteiger partial charge is 0.321 e. The lowest BCUT2D eigenvalue weighted by atomic mass is 10.2. The lowest BCUT2D eigenvalue weighted by molar-refractivity contribution is 0.102. The van der Waals surface area contributed by atoms with Gasteiger partial charge >= 0.3 is 0 Å². The molecule has 3 heterocycles. The topological polar surface area (TPSA) is 83.8 Å². The second-order valence-corrected chi connectivity index (χ2v) is 9.40. The third-order valence-electron chi connectivity index (χ3n) is 5.05. The average Bonchev–Trinajstić information content (AvgIpc) is 3.16. The molecule has 2 aromatic heterocycles. The highest BCUT2D eigenvalue weighted by molar-refractivity contribution is 7.89. The van der Waals surface area contributed by atoms with E-state index in [1.165, 1.54) is 16.4 Å². The number of nitrogens with zero attached hydrogens (tertiary/aromatic N) is 3. The smallest absolute Gasteiger partial charge is 0.275 e. The summed E-state index contributed by atoms with van der Waals surface area (Å²) in [5.41, 5.74) is 2.22. The molecule has 0 radical (unpaired) electrons. The fraction of sp³-hybridized carbons (Fsp3) is 0.300. The van der Waals surface area contributed by atoms with Crippen LogP contribution in [0.15, 0.2) is 47.5 Å². The Kier molecular flexibility index (Phi) is 5.33. The predicted octanol–water partition coefficient (Wildman–Crippen LogP) is 3.72. The monoisotopic (exact) mass is 432 g/mol. The summed E-state index contributed by atoms with van der Waals surface area (Å²) in [6, 6.07) is 10.1. The first-order valence-electron chi connectivity index (χ1n) is 9.42. The number of benzene rings is 1. The summed E-state index contributed by atoms with van der Waals surface area (Å²) in [6.45, 7) is 2.89. The van der Waals surface area contributed by atoms with Crippen LogP contribution in [0.3, 0.4) is 0 Å². The van der Waals surface area contributed by atoms with Gasteiger partial charge in [-0.2, -0.15) is 4.31 Å². The number of piperidine rings is 1. The highest BCUT2D eigenvalue weighted by Gasteiger charge is 2.28. The van der Waals surface area contributed by atoms with Crippen molar-refractivity contribution in [2.24, 2.45) is 0 Å². The third kappa shape index (κ3) is 3.88. The molecule has 3 aromatic rings. The summed E-state index contributed by atoms with van der Waals surface area (Å²) >= 11 is 6.19. The number of amides is 1. The van der Waals surface area contributed by atoms with Gasteiger partial charge in [-0.3, -0.25) is 4.79 Å². The number of sulfonamides is 1. The van der Waals surface area contributed by atoms with Crippen molar-refractivity contribution in [2.75, 3.05) is 18.4 Å². The third-order valence-corrected chi connectivity index (χ3v) is 7.43. The molecular formula is C20H21ClN4O3S. The number of anilines is 1. The van der Waals surface area contributed by atoms with Crippen LogP contribution in [0.1, 0.15) is 35.4 Å². The van der Waals surface area contributed by atoms with Gasteiger partial charge in [0.25, 0.3) is 5.91 Å². The zero-order valence-corrected chi connectivity index (χ0v) is 17.5. The number of aromatic nitrogens is 2. The van der Waals surface area contributed by atoms with Crippen LogP contribution >= 0.6 is 11.6 Å². The molecule has 1 N–H and O–H groups in total. The van der Waals surface area contributed by atoms with Crippen LogP contribution in [0.4, 0.5) is 5.69 Å². The van der Waals surface area contributed by atoms with Gasteiger partial charge < -0.3 is 9.72 Å². The van der Waals surface area contributed by atoms with Gasteiger partial charge in [0.1, 0.15) is 16.2 Å². The highest BCUT2D eigenvalue weighted by Crippen LogP contribution is 2.29. The Morgan fingerprint density at radius 2 is 1.90 bits per heavy atom. The molecule has 0 bridgehead atoms. The molecule has 1 aromatic carbocycles. The van der Waals surface area contributed by atoms with Gasteiger partial charge in [-0.25, -0.2) is 13.4 Å². The van der Waals surface area contributed by atoms with Crippen molar-refractivity contribution in [3.63, 3.8) is 0 Å². The fourth-order valence-corrected chi connectivity index (χ4v) is 5.49. The van der Waals surface area contributed by atoms with Crippen molar-refractivity contribution < 1.29 is 13.2 Å². The SMILES string of the molecule is Cc1cccc2nc(C(=O)Nc3ccc(Cl)c(S(=O)(=O)N4CCCCC4)c3)cn12. The maximum Gasteiger partial charge on any atom is 0.275 e. The van der Waals surface area contributed by atoms with E-state index in [9.17, 15) is 13.2 Å². The van der Waals surface area contributed by atoms with Crippen LogP contribution in [-0.2, 0) is 10.0 Å². The van der Waals surface area contributed by atoms with Crippen molar-refractivity contribution in [1.82, 2.24) is 13.7 Å². The number of fused-ring (bicyclic) bond motifs is 1. The minimum Gasteiger partial charge on any atom is -0.321 e. The molecule has 9 heteroatoms. The molecule has 1 saturated heterocycles. The van der Waals surface area contributed by atoms with Gasteiger partial charge in [-0.1, -0.05) is 24.1 Å².